The highest BCUT2D eigenvalue weighted by atomic mass is 35.5. The van der Waals surface area contributed by atoms with Crippen LogP contribution in [-0.2, 0) is 16.0 Å². The third kappa shape index (κ3) is 2.98. The van der Waals surface area contributed by atoms with Gasteiger partial charge in [-0.25, -0.2) is 0 Å². The molecule has 4 heteroatoms. The molecule has 0 aliphatic rings. The quantitative estimate of drug-likeness (QED) is 0.760. The molecule has 0 aliphatic heterocycles. The monoisotopic (exact) mass is 237 g/mol. The van der Waals surface area contributed by atoms with Crippen molar-refractivity contribution in [1.29, 1.82) is 5.26 Å². The molecule has 0 heterocycles. The molecule has 84 valence electrons. The zero-order valence-electron chi connectivity index (χ0n) is 9.21. The maximum atomic E-state index is 11.3. The van der Waals surface area contributed by atoms with Crippen molar-refractivity contribution in [1.82, 2.24) is 0 Å². The van der Waals surface area contributed by atoms with Gasteiger partial charge in [0.2, 0.25) is 0 Å². The van der Waals surface area contributed by atoms with Crippen molar-refractivity contribution in [2.75, 3.05) is 6.61 Å². The van der Waals surface area contributed by atoms with E-state index in [1.54, 1.807) is 19.1 Å². The molecule has 3 nitrogen and oxygen atoms in total. The summed E-state index contributed by atoms with van der Waals surface area (Å²) in [6, 6.07) is 5.48. The molecular formula is C12H12ClNO2. The summed E-state index contributed by atoms with van der Waals surface area (Å²) in [6.07, 6.45) is 0.100. The van der Waals surface area contributed by atoms with Crippen LogP contribution in [0.4, 0.5) is 0 Å². The molecule has 0 saturated carbocycles. The van der Waals surface area contributed by atoms with Crippen molar-refractivity contribution in [2.45, 2.75) is 20.3 Å². The molecule has 0 unspecified atom stereocenters. The second-order valence-electron chi connectivity index (χ2n) is 3.38. The summed E-state index contributed by atoms with van der Waals surface area (Å²) in [5.41, 5.74) is 1.93. The van der Waals surface area contributed by atoms with E-state index < -0.39 is 0 Å². The topological polar surface area (TPSA) is 50.1 Å². The molecule has 1 aromatic carbocycles. The van der Waals surface area contributed by atoms with Gasteiger partial charge in [-0.15, -0.1) is 0 Å². The van der Waals surface area contributed by atoms with Gasteiger partial charge in [-0.2, -0.15) is 5.26 Å². The molecule has 0 atom stereocenters. The Morgan fingerprint density at radius 3 is 2.81 bits per heavy atom. The number of ether oxygens (including phenoxy) is 1. The minimum atomic E-state index is -0.334. The van der Waals surface area contributed by atoms with E-state index in [0.717, 1.165) is 5.56 Å². The number of esters is 1. The fourth-order valence-corrected chi connectivity index (χ4v) is 1.64. The van der Waals surface area contributed by atoms with E-state index >= 15 is 0 Å². The Bertz CT molecular complexity index is 449. The number of carbonyl (C=O) groups is 1. The van der Waals surface area contributed by atoms with E-state index in [-0.39, 0.29) is 12.4 Å². The molecule has 1 rings (SSSR count). The number of rotatable bonds is 3. The summed E-state index contributed by atoms with van der Waals surface area (Å²) >= 11 is 5.99. The minimum Gasteiger partial charge on any atom is -0.466 e. The fraction of sp³-hybridized carbons (Fsp3) is 0.333. The molecule has 1 aromatic rings. The van der Waals surface area contributed by atoms with E-state index in [1.807, 2.05) is 13.0 Å². The van der Waals surface area contributed by atoms with Crippen LogP contribution in [-0.4, -0.2) is 12.6 Å². The van der Waals surface area contributed by atoms with Crippen LogP contribution in [0.25, 0.3) is 0 Å². The standard InChI is InChI=1S/C12H12ClNO2/c1-3-16-11(15)6-9-4-8(2)5-10(7-14)12(9)13/h4-5H,3,6H2,1-2H3. The van der Waals surface area contributed by atoms with E-state index in [1.165, 1.54) is 0 Å². The van der Waals surface area contributed by atoms with Crippen LogP contribution < -0.4 is 0 Å². The van der Waals surface area contributed by atoms with Gasteiger partial charge >= 0.3 is 5.97 Å². The molecule has 0 radical (unpaired) electrons. The molecule has 0 amide bonds. The Hall–Kier alpha value is -1.53. The van der Waals surface area contributed by atoms with Gasteiger partial charge in [0.15, 0.2) is 0 Å². The van der Waals surface area contributed by atoms with Crippen molar-refractivity contribution in [3.05, 3.63) is 33.8 Å². The van der Waals surface area contributed by atoms with E-state index in [0.29, 0.717) is 22.8 Å². The first-order chi connectivity index (χ1) is 7.58. The third-order valence-electron chi connectivity index (χ3n) is 2.05. The summed E-state index contributed by atoms with van der Waals surface area (Å²) in [5, 5.41) is 9.19. The number of nitrogens with zero attached hydrogens (tertiary/aromatic N) is 1. The van der Waals surface area contributed by atoms with Crippen LogP contribution >= 0.6 is 11.6 Å². The maximum Gasteiger partial charge on any atom is 0.310 e. The average molecular weight is 238 g/mol. The molecule has 0 saturated heterocycles. The Kier molecular flexibility index (Phi) is 4.33. The number of nitriles is 1. The molecule has 0 fully saturated rings. The van der Waals surface area contributed by atoms with Crippen LogP contribution in [0.5, 0.6) is 0 Å². The summed E-state index contributed by atoms with van der Waals surface area (Å²) in [5.74, 6) is -0.334. The first kappa shape index (κ1) is 12.5. The highest BCUT2D eigenvalue weighted by molar-refractivity contribution is 6.32. The van der Waals surface area contributed by atoms with Gasteiger partial charge < -0.3 is 4.74 Å². The van der Waals surface area contributed by atoms with Crippen LogP contribution in [0.3, 0.4) is 0 Å². The number of carbonyl (C=O) groups excluding carboxylic acids is 1. The molecular weight excluding hydrogens is 226 g/mol. The lowest BCUT2D eigenvalue weighted by molar-refractivity contribution is -0.142. The van der Waals surface area contributed by atoms with Crippen molar-refractivity contribution in [3.63, 3.8) is 0 Å². The largest absolute Gasteiger partial charge is 0.466 e. The average Bonchev–Trinajstić information content (AvgIpc) is 2.23. The Labute approximate surface area is 99.6 Å². The third-order valence-corrected chi connectivity index (χ3v) is 2.50. The minimum absolute atomic E-state index is 0.100. The number of halogens is 1. The summed E-state index contributed by atoms with van der Waals surface area (Å²) < 4.78 is 4.83. The first-order valence-corrected chi connectivity index (χ1v) is 5.31. The predicted molar refractivity (Wildman–Crippen MR) is 61.2 cm³/mol. The highest BCUT2D eigenvalue weighted by Gasteiger charge is 2.11. The van der Waals surface area contributed by atoms with E-state index in [9.17, 15) is 4.79 Å². The lowest BCUT2D eigenvalue weighted by Crippen LogP contribution is -2.08. The van der Waals surface area contributed by atoms with Gasteiger partial charge in [-0.1, -0.05) is 17.7 Å². The Morgan fingerprint density at radius 2 is 2.25 bits per heavy atom. The highest BCUT2D eigenvalue weighted by Crippen LogP contribution is 2.23. The predicted octanol–water partition coefficient (Wildman–Crippen LogP) is 2.63. The van der Waals surface area contributed by atoms with Crippen molar-refractivity contribution >= 4 is 17.6 Å². The normalized spacial score (nSPS) is 9.62. The first-order valence-electron chi connectivity index (χ1n) is 4.93. The molecule has 0 bridgehead atoms. The summed E-state index contributed by atoms with van der Waals surface area (Å²) in [4.78, 5) is 11.3. The summed E-state index contributed by atoms with van der Waals surface area (Å²) in [7, 11) is 0. The fourth-order valence-electron chi connectivity index (χ4n) is 1.42. The number of benzene rings is 1. The molecule has 0 N–H and O–H groups in total. The van der Waals surface area contributed by atoms with E-state index in [4.69, 9.17) is 21.6 Å². The number of hydrogen-bond donors (Lipinski definition) is 0. The van der Waals surface area contributed by atoms with Gasteiger partial charge in [0, 0.05) is 0 Å². The van der Waals surface area contributed by atoms with Crippen LogP contribution in [0.2, 0.25) is 5.02 Å². The molecule has 0 spiro atoms. The molecule has 0 aliphatic carbocycles. The van der Waals surface area contributed by atoms with Crippen molar-refractivity contribution < 1.29 is 9.53 Å². The SMILES string of the molecule is CCOC(=O)Cc1cc(C)cc(C#N)c1Cl. The second kappa shape index (κ2) is 5.53. The van der Waals surface area contributed by atoms with Crippen LogP contribution in [0.1, 0.15) is 23.6 Å². The van der Waals surface area contributed by atoms with Crippen molar-refractivity contribution in [3.8, 4) is 6.07 Å². The van der Waals surface area contributed by atoms with Crippen molar-refractivity contribution in [2.24, 2.45) is 0 Å². The van der Waals surface area contributed by atoms with Crippen LogP contribution in [0, 0.1) is 18.3 Å². The van der Waals surface area contributed by atoms with Gasteiger partial charge in [0.25, 0.3) is 0 Å². The van der Waals surface area contributed by atoms with Gasteiger partial charge in [0.1, 0.15) is 6.07 Å². The molecule has 16 heavy (non-hydrogen) atoms. The summed E-state index contributed by atoms with van der Waals surface area (Å²) in [6.45, 7) is 3.94. The number of aryl methyl sites for hydroxylation is 1. The van der Waals surface area contributed by atoms with E-state index in [2.05, 4.69) is 0 Å². The Balaban J connectivity index is 3.01. The lowest BCUT2D eigenvalue weighted by Gasteiger charge is -2.07. The van der Waals surface area contributed by atoms with Gasteiger partial charge in [0.05, 0.1) is 23.6 Å². The lowest BCUT2D eigenvalue weighted by atomic mass is 10.0. The zero-order chi connectivity index (χ0) is 12.1. The Morgan fingerprint density at radius 1 is 1.56 bits per heavy atom. The van der Waals surface area contributed by atoms with Gasteiger partial charge in [-0.05, 0) is 31.0 Å². The smallest absolute Gasteiger partial charge is 0.310 e. The maximum absolute atomic E-state index is 11.3. The van der Waals surface area contributed by atoms with Gasteiger partial charge in [-0.3, -0.25) is 4.79 Å². The molecule has 0 aromatic heterocycles. The van der Waals surface area contributed by atoms with Crippen LogP contribution in [0.15, 0.2) is 12.1 Å². The second-order valence-corrected chi connectivity index (χ2v) is 3.76. The zero-order valence-corrected chi connectivity index (χ0v) is 9.97. The number of hydrogen-bond acceptors (Lipinski definition) is 3.